The number of benzene rings is 3. The van der Waals surface area contributed by atoms with Gasteiger partial charge in [-0.3, -0.25) is 9.36 Å². The molecule has 3 aromatic carbocycles. The number of phenolic OH excluding ortho intramolecular Hbond substituents is 2. The van der Waals surface area contributed by atoms with Gasteiger partial charge in [-0.1, -0.05) is 30.0 Å². The monoisotopic (exact) mass is 540 g/mol. The number of nitrogens with zero attached hydrogens (tertiary/aromatic N) is 4. The van der Waals surface area contributed by atoms with Crippen molar-refractivity contribution in [3.8, 4) is 34.3 Å². The third-order valence-electron chi connectivity index (χ3n) is 5.43. The largest absolute Gasteiger partial charge is 0.508 e. The van der Waals surface area contributed by atoms with E-state index >= 15 is 0 Å². The number of carbonyl (C=O) groups excluding carboxylic acids is 1. The molecule has 0 saturated carbocycles. The first kappa shape index (κ1) is 26.2. The van der Waals surface area contributed by atoms with Crippen LogP contribution in [0.3, 0.4) is 0 Å². The fraction of sp³-hybridized carbons (Fsp3) is 0.160. The molecule has 0 saturated heterocycles. The SMILES string of the molecule is COc1cccc(-n2c(SCC(=O)c3ccc(O)cc3O)nnc2-c2cccc(S(=O)(=O)N(C)C)c2)c1. The second kappa shape index (κ2) is 10.6. The maximum absolute atomic E-state index is 12.8. The van der Waals surface area contributed by atoms with Crippen LogP contribution in [-0.4, -0.2) is 70.4 Å². The van der Waals surface area contributed by atoms with Gasteiger partial charge in [0.15, 0.2) is 16.8 Å². The molecule has 0 radical (unpaired) electrons. The molecule has 0 unspecified atom stereocenters. The zero-order valence-corrected chi connectivity index (χ0v) is 21.8. The van der Waals surface area contributed by atoms with Gasteiger partial charge in [0.1, 0.15) is 17.2 Å². The van der Waals surface area contributed by atoms with Gasteiger partial charge in [-0.05, 0) is 36.4 Å². The topological polar surface area (TPSA) is 135 Å². The number of Topliss-reactive ketones (excluding diaryl/α,β-unsaturated/α-hetero) is 1. The molecule has 0 amide bonds. The van der Waals surface area contributed by atoms with Crippen LogP contribution < -0.4 is 4.74 Å². The van der Waals surface area contributed by atoms with Gasteiger partial charge in [-0.25, -0.2) is 12.7 Å². The summed E-state index contributed by atoms with van der Waals surface area (Å²) >= 11 is 1.10. The number of aromatic nitrogens is 3. The van der Waals surface area contributed by atoms with Crippen molar-refractivity contribution in [3.05, 3.63) is 72.3 Å². The molecule has 10 nitrogen and oxygen atoms in total. The first-order valence-corrected chi connectivity index (χ1v) is 13.3. The van der Waals surface area contributed by atoms with Gasteiger partial charge in [0.25, 0.3) is 0 Å². The van der Waals surface area contributed by atoms with Crippen LogP contribution in [0.1, 0.15) is 10.4 Å². The Bertz CT molecular complexity index is 1570. The lowest BCUT2D eigenvalue weighted by Gasteiger charge is -2.14. The van der Waals surface area contributed by atoms with Gasteiger partial charge < -0.3 is 14.9 Å². The number of ketones is 1. The lowest BCUT2D eigenvalue weighted by atomic mass is 10.1. The molecule has 37 heavy (non-hydrogen) atoms. The maximum Gasteiger partial charge on any atom is 0.242 e. The molecule has 0 aliphatic heterocycles. The summed E-state index contributed by atoms with van der Waals surface area (Å²) in [5.74, 6) is 0.0363. The van der Waals surface area contributed by atoms with Gasteiger partial charge in [0, 0.05) is 31.8 Å². The van der Waals surface area contributed by atoms with E-state index in [1.54, 1.807) is 42.0 Å². The van der Waals surface area contributed by atoms with Crippen LogP contribution in [0.5, 0.6) is 17.2 Å². The van der Waals surface area contributed by atoms with Crippen LogP contribution >= 0.6 is 11.8 Å². The molecule has 0 atom stereocenters. The second-order valence-corrected chi connectivity index (χ2v) is 11.2. The van der Waals surface area contributed by atoms with E-state index in [-0.39, 0.29) is 33.5 Å². The zero-order chi connectivity index (χ0) is 26.7. The number of ether oxygens (including phenoxy) is 1. The van der Waals surface area contributed by atoms with E-state index in [4.69, 9.17) is 4.74 Å². The Balaban J connectivity index is 1.76. The Hall–Kier alpha value is -3.87. The highest BCUT2D eigenvalue weighted by Crippen LogP contribution is 2.32. The number of methoxy groups -OCH3 is 1. The van der Waals surface area contributed by atoms with E-state index in [1.165, 1.54) is 38.4 Å². The minimum absolute atomic E-state index is 0.0690. The first-order valence-electron chi connectivity index (χ1n) is 10.9. The standard InChI is InChI=1S/C25H24N4O6S2/c1-28(2)37(33,34)20-9-4-6-16(12-20)24-26-27-25(29(24)17-7-5-8-19(13-17)35-3)36-15-23(32)21-11-10-18(30)14-22(21)31/h4-14,30-31H,15H2,1-3H3. The molecule has 0 aliphatic rings. The molecular formula is C25H24N4O6S2. The Kier molecular flexibility index (Phi) is 7.52. The molecule has 12 heteroatoms. The average Bonchev–Trinajstić information content (AvgIpc) is 3.31. The van der Waals surface area contributed by atoms with Gasteiger partial charge in [-0.2, -0.15) is 0 Å². The lowest BCUT2D eigenvalue weighted by molar-refractivity contribution is 0.102. The Labute approximate surface area is 218 Å². The number of hydrogen-bond donors (Lipinski definition) is 2. The number of thioether (sulfide) groups is 1. The number of rotatable bonds is 9. The van der Waals surface area contributed by atoms with Crippen molar-refractivity contribution >= 4 is 27.6 Å². The van der Waals surface area contributed by atoms with Crippen molar-refractivity contribution in [2.45, 2.75) is 10.1 Å². The number of phenols is 2. The quantitative estimate of drug-likeness (QED) is 0.241. The molecule has 192 valence electrons. The zero-order valence-electron chi connectivity index (χ0n) is 20.2. The molecule has 2 N–H and O–H groups in total. The third-order valence-corrected chi connectivity index (χ3v) is 8.17. The molecule has 0 spiro atoms. The highest BCUT2D eigenvalue weighted by atomic mass is 32.2. The Morgan fingerprint density at radius 3 is 2.49 bits per heavy atom. The van der Waals surface area contributed by atoms with Gasteiger partial charge in [0.05, 0.1) is 29.0 Å². The van der Waals surface area contributed by atoms with Gasteiger partial charge in [-0.15, -0.1) is 10.2 Å². The fourth-order valence-electron chi connectivity index (χ4n) is 3.50. The van der Waals surface area contributed by atoms with Crippen LogP contribution in [0.4, 0.5) is 0 Å². The van der Waals surface area contributed by atoms with E-state index in [1.807, 2.05) is 6.07 Å². The summed E-state index contributed by atoms with van der Waals surface area (Å²) in [6, 6.07) is 17.3. The van der Waals surface area contributed by atoms with Crippen LogP contribution in [0.25, 0.3) is 17.1 Å². The van der Waals surface area contributed by atoms with Crippen molar-refractivity contribution in [3.63, 3.8) is 0 Å². The number of hydrogen-bond acceptors (Lipinski definition) is 9. The fourth-order valence-corrected chi connectivity index (χ4v) is 5.29. The van der Waals surface area contributed by atoms with Gasteiger partial charge in [0.2, 0.25) is 10.0 Å². The van der Waals surface area contributed by atoms with Crippen LogP contribution in [0, 0.1) is 0 Å². The summed E-state index contributed by atoms with van der Waals surface area (Å²) < 4.78 is 33.6. The summed E-state index contributed by atoms with van der Waals surface area (Å²) in [4.78, 5) is 12.9. The summed E-state index contributed by atoms with van der Waals surface area (Å²) in [5.41, 5.74) is 1.22. The molecule has 1 heterocycles. The minimum atomic E-state index is -3.68. The van der Waals surface area contributed by atoms with Crippen LogP contribution in [0.2, 0.25) is 0 Å². The normalized spacial score (nSPS) is 11.6. The Morgan fingerprint density at radius 1 is 1.03 bits per heavy atom. The lowest BCUT2D eigenvalue weighted by Crippen LogP contribution is -2.22. The third kappa shape index (κ3) is 5.45. The molecule has 0 fully saturated rings. The number of aromatic hydroxyl groups is 2. The van der Waals surface area contributed by atoms with E-state index in [2.05, 4.69) is 10.2 Å². The average molecular weight is 541 g/mol. The maximum atomic E-state index is 12.8. The van der Waals surface area contributed by atoms with E-state index in [9.17, 15) is 23.4 Å². The van der Waals surface area contributed by atoms with Gasteiger partial charge >= 0.3 is 0 Å². The first-order chi connectivity index (χ1) is 17.6. The Morgan fingerprint density at radius 2 is 1.78 bits per heavy atom. The number of carbonyl (C=O) groups is 1. The minimum Gasteiger partial charge on any atom is -0.508 e. The van der Waals surface area contributed by atoms with Crippen molar-refractivity contribution in [2.24, 2.45) is 0 Å². The van der Waals surface area contributed by atoms with Crippen molar-refractivity contribution in [2.75, 3.05) is 27.0 Å². The summed E-state index contributed by atoms with van der Waals surface area (Å²) in [6.07, 6.45) is 0. The molecule has 4 rings (SSSR count). The highest BCUT2D eigenvalue weighted by molar-refractivity contribution is 7.99. The molecule has 0 bridgehead atoms. The van der Waals surface area contributed by atoms with E-state index in [0.717, 1.165) is 22.1 Å². The molecular weight excluding hydrogens is 516 g/mol. The molecule has 0 aliphatic carbocycles. The predicted octanol–water partition coefficient (Wildman–Crippen LogP) is 3.58. The van der Waals surface area contributed by atoms with Crippen LogP contribution in [-0.2, 0) is 10.0 Å². The van der Waals surface area contributed by atoms with E-state index in [0.29, 0.717) is 28.0 Å². The predicted molar refractivity (Wildman–Crippen MR) is 139 cm³/mol. The smallest absolute Gasteiger partial charge is 0.242 e. The second-order valence-electron chi connectivity index (χ2n) is 8.07. The van der Waals surface area contributed by atoms with Crippen molar-refractivity contribution in [1.29, 1.82) is 0 Å². The highest BCUT2D eigenvalue weighted by Gasteiger charge is 2.22. The van der Waals surface area contributed by atoms with Crippen molar-refractivity contribution < 1.29 is 28.2 Å². The molecule has 1 aromatic heterocycles. The molecule has 4 aromatic rings. The van der Waals surface area contributed by atoms with Crippen molar-refractivity contribution in [1.82, 2.24) is 19.1 Å². The summed E-state index contributed by atoms with van der Waals surface area (Å²) in [6.45, 7) is 0. The van der Waals surface area contributed by atoms with Crippen LogP contribution in [0.15, 0.2) is 76.8 Å². The van der Waals surface area contributed by atoms with E-state index < -0.39 is 10.0 Å². The summed E-state index contributed by atoms with van der Waals surface area (Å²) in [7, 11) is 0.772. The number of sulfonamides is 1. The summed E-state index contributed by atoms with van der Waals surface area (Å²) in [5, 5.41) is 28.5.